The van der Waals surface area contributed by atoms with E-state index in [1.54, 1.807) is 6.92 Å². The fourth-order valence-corrected chi connectivity index (χ4v) is 2.63. The summed E-state index contributed by atoms with van der Waals surface area (Å²) in [5.41, 5.74) is -1.08. The second kappa shape index (κ2) is 6.59. The number of furan rings is 1. The zero-order valence-corrected chi connectivity index (χ0v) is 12.3. The van der Waals surface area contributed by atoms with Gasteiger partial charge in [0.15, 0.2) is 5.76 Å². The fraction of sp³-hybridized carbons (Fsp3) is 0.571. The number of carbonyl (C=O) groups excluding carboxylic acids is 2. The summed E-state index contributed by atoms with van der Waals surface area (Å²) in [5.74, 6) is -1.83. The first-order valence-electron chi connectivity index (χ1n) is 7.22. The van der Waals surface area contributed by atoms with Gasteiger partial charge in [0.1, 0.15) is 10.5 Å². The summed E-state index contributed by atoms with van der Waals surface area (Å²) in [6, 6.07) is 2.32. The van der Waals surface area contributed by atoms with E-state index in [4.69, 9.17) is 9.15 Å². The van der Waals surface area contributed by atoms with Gasteiger partial charge in [-0.15, -0.1) is 0 Å². The summed E-state index contributed by atoms with van der Waals surface area (Å²) < 4.78 is 9.94. The number of rotatable bonds is 5. The molecule has 0 saturated heterocycles. The number of amides is 1. The van der Waals surface area contributed by atoms with E-state index < -0.39 is 28.2 Å². The van der Waals surface area contributed by atoms with E-state index in [0.717, 1.165) is 25.3 Å². The van der Waals surface area contributed by atoms with Crippen molar-refractivity contribution in [3.8, 4) is 0 Å². The molecule has 0 aromatic carbocycles. The molecule has 1 heterocycles. The van der Waals surface area contributed by atoms with Crippen molar-refractivity contribution in [2.24, 2.45) is 0 Å². The largest absolute Gasteiger partial charge is 0.464 e. The molecule has 8 heteroatoms. The van der Waals surface area contributed by atoms with Crippen molar-refractivity contribution >= 4 is 17.8 Å². The minimum absolute atomic E-state index is 0.194. The van der Waals surface area contributed by atoms with Crippen molar-refractivity contribution in [2.45, 2.75) is 44.6 Å². The van der Waals surface area contributed by atoms with Gasteiger partial charge in [-0.25, -0.2) is 4.79 Å². The highest BCUT2D eigenvalue weighted by atomic mass is 16.6. The molecular weight excluding hydrogens is 292 g/mol. The van der Waals surface area contributed by atoms with E-state index in [0.29, 0.717) is 12.8 Å². The molecule has 0 unspecified atom stereocenters. The summed E-state index contributed by atoms with van der Waals surface area (Å²) in [6.07, 6.45) is 3.57. The molecule has 8 nitrogen and oxygen atoms in total. The number of esters is 1. The summed E-state index contributed by atoms with van der Waals surface area (Å²) in [4.78, 5) is 34.3. The van der Waals surface area contributed by atoms with E-state index in [1.807, 2.05) is 0 Å². The van der Waals surface area contributed by atoms with Crippen LogP contribution in [-0.2, 0) is 9.53 Å². The highest BCUT2D eigenvalue weighted by Gasteiger charge is 2.43. The molecule has 1 aromatic heterocycles. The van der Waals surface area contributed by atoms with Crippen LogP contribution in [0.2, 0.25) is 0 Å². The zero-order chi connectivity index (χ0) is 16.2. The Morgan fingerprint density at radius 2 is 2.05 bits per heavy atom. The predicted octanol–water partition coefficient (Wildman–Crippen LogP) is 2.18. The van der Waals surface area contributed by atoms with Crippen molar-refractivity contribution in [2.75, 3.05) is 6.61 Å². The average molecular weight is 310 g/mol. The standard InChI is InChI=1S/C14H18N2O6/c1-2-21-13(18)14(8-4-3-5-9-14)15-12(17)10-6-7-11(22-10)16(19)20/h6-7H,2-5,8-9H2,1H3,(H,15,17). The minimum atomic E-state index is -1.08. The van der Waals surface area contributed by atoms with Crippen LogP contribution in [0, 0.1) is 10.1 Å². The first kappa shape index (κ1) is 16.0. The van der Waals surface area contributed by atoms with Crippen LogP contribution in [0.3, 0.4) is 0 Å². The van der Waals surface area contributed by atoms with Gasteiger partial charge in [-0.3, -0.25) is 14.9 Å². The van der Waals surface area contributed by atoms with Crippen LogP contribution in [-0.4, -0.2) is 28.9 Å². The molecule has 1 aliphatic carbocycles. The molecule has 0 radical (unpaired) electrons. The Morgan fingerprint density at radius 3 is 2.59 bits per heavy atom. The number of hydrogen-bond acceptors (Lipinski definition) is 6. The van der Waals surface area contributed by atoms with Gasteiger partial charge in [0.05, 0.1) is 12.7 Å². The first-order chi connectivity index (χ1) is 10.5. The molecule has 0 aliphatic heterocycles. The lowest BCUT2D eigenvalue weighted by molar-refractivity contribution is -0.402. The molecule has 1 aromatic rings. The van der Waals surface area contributed by atoms with Crippen molar-refractivity contribution < 1.29 is 23.7 Å². The van der Waals surface area contributed by atoms with E-state index in [2.05, 4.69) is 5.32 Å². The number of nitrogens with one attached hydrogen (secondary N) is 1. The third kappa shape index (κ3) is 3.26. The molecule has 120 valence electrons. The molecule has 2 rings (SSSR count). The average Bonchev–Trinajstić information content (AvgIpc) is 2.98. The van der Waals surface area contributed by atoms with Crippen LogP contribution in [0.25, 0.3) is 0 Å². The van der Waals surface area contributed by atoms with Gasteiger partial charge >= 0.3 is 11.9 Å². The maximum absolute atomic E-state index is 12.2. The van der Waals surface area contributed by atoms with Crippen LogP contribution in [0.15, 0.2) is 16.5 Å². The molecule has 1 saturated carbocycles. The maximum atomic E-state index is 12.2. The normalized spacial score (nSPS) is 16.8. The highest BCUT2D eigenvalue weighted by molar-refractivity contribution is 5.96. The Hall–Kier alpha value is -2.38. The fourth-order valence-electron chi connectivity index (χ4n) is 2.63. The van der Waals surface area contributed by atoms with Gasteiger partial charge < -0.3 is 14.5 Å². The number of ether oxygens (including phenoxy) is 1. The quantitative estimate of drug-likeness (QED) is 0.507. The van der Waals surface area contributed by atoms with Gasteiger partial charge in [-0.2, -0.15) is 0 Å². The Labute approximate surface area is 127 Å². The monoisotopic (exact) mass is 310 g/mol. The lowest BCUT2D eigenvalue weighted by Gasteiger charge is -2.35. The summed E-state index contributed by atoms with van der Waals surface area (Å²) in [5, 5.41) is 13.2. The summed E-state index contributed by atoms with van der Waals surface area (Å²) in [6.45, 7) is 1.93. The lowest BCUT2D eigenvalue weighted by atomic mass is 9.81. The van der Waals surface area contributed by atoms with E-state index in [9.17, 15) is 19.7 Å². The molecule has 0 bridgehead atoms. The van der Waals surface area contributed by atoms with Crippen molar-refractivity contribution in [1.29, 1.82) is 0 Å². The molecule has 1 fully saturated rings. The summed E-state index contributed by atoms with van der Waals surface area (Å²) in [7, 11) is 0. The van der Waals surface area contributed by atoms with Gasteiger partial charge in [0, 0.05) is 0 Å². The topological polar surface area (TPSA) is 112 Å². The van der Waals surface area contributed by atoms with Crippen LogP contribution < -0.4 is 5.32 Å². The van der Waals surface area contributed by atoms with E-state index in [1.165, 1.54) is 6.07 Å². The molecule has 0 spiro atoms. The minimum Gasteiger partial charge on any atom is -0.464 e. The number of nitrogens with zero attached hydrogens (tertiary/aromatic N) is 1. The van der Waals surface area contributed by atoms with Crippen molar-refractivity contribution in [3.63, 3.8) is 0 Å². The number of nitro groups is 1. The second-order valence-corrected chi connectivity index (χ2v) is 5.21. The van der Waals surface area contributed by atoms with Crippen LogP contribution in [0.1, 0.15) is 49.6 Å². The Kier molecular flexibility index (Phi) is 4.79. The number of carbonyl (C=O) groups is 2. The molecule has 1 aliphatic rings. The van der Waals surface area contributed by atoms with Gasteiger partial charge in [0.2, 0.25) is 0 Å². The Morgan fingerprint density at radius 1 is 1.36 bits per heavy atom. The third-order valence-corrected chi connectivity index (χ3v) is 3.72. The molecule has 0 atom stereocenters. The number of hydrogen-bond donors (Lipinski definition) is 1. The lowest BCUT2D eigenvalue weighted by Crippen LogP contribution is -2.56. The molecule has 1 N–H and O–H groups in total. The van der Waals surface area contributed by atoms with E-state index in [-0.39, 0.29) is 12.4 Å². The molecule has 1 amide bonds. The first-order valence-corrected chi connectivity index (χ1v) is 7.22. The van der Waals surface area contributed by atoms with Crippen LogP contribution in [0.5, 0.6) is 0 Å². The Balaban J connectivity index is 2.16. The predicted molar refractivity (Wildman–Crippen MR) is 75.3 cm³/mol. The van der Waals surface area contributed by atoms with Crippen molar-refractivity contribution in [1.82, 2.24) is 5.32 Å². The van der Waals surface area contributed by atoms with Gasteiger partial charge in [-0.1, -0.05) is 19.3 Å². The zero-order valence-electron chi connectivity index (χ0n) is 12.3. The third-order valence-electron chi connectivity index (χ3n) is 3.72. The van der Waals surface area contributed by atoms with Gasteiger partial charge in [-0.05, 0) is 25.8 Å². The SMILES string of the molecule is CCOC(=O)C1(NC(=O)c2ccc([N+](=O)[O-])o2)CCCCC1. The van der Waals surface area contributed by atoms with Crippen molar-refractivity contribution in [3.05, 3.63) is 28.0 Å². The highest BCUT2D eigenvalue weighted by Crippen LogP contribution is 2.30. The molecular formula is C14H18N2O6. The van der Waals surface area contributed by atoms with Crippen LogP contribution >= 0.6 is 0 Å². The maximum Gasteiger partial charge on any atom is 0.433 e. The Bertz CT molecular complexity index is 574. The van der Waals surface area contributed by atoms with Gasteiger partial charge in [0.25, 0.3) is 5.91 Å². The smallest absolute Gasteiger partial charge is 0.433 e. The van der Waals surface area contributed by atoms with Crippen LogP contribution in [0.4, 0.5) is 5.88 Å². The summed E-state index contributed by atoms with van der Waals surface area (Å²) >= 11 is 0. The van der Waals surface area contributed by atoms with E-state index >= 15 is 0 Å². The molecule has 22 heavy (non-hydrogen) atoms. The second-order valence-electron chi connectivity index (χ2n) is 5.21.